The maximum atomic E-state index is 13.1. The molecule has 0 saturated heterocycles. The van der Waals surface area contributed by atoms with Crippen molar-refractivity contribution in [1.29, 1.82) is 0 Å². The van der Waals surface area contributed by atoms with E-state index in [0.717, 1.165) is 27.4 Å². The summed E-state index contributed by atoms with van der Waals surface area (Å²) in [4.78, 5) is 13.5. The van der Waals surface area contributed by atoms with E-state index in [9.17, 15) is 4.79 Å². The van der Waals surface area contributed by atoms with Gasteiger partial charge in [-0.2, -0.15) is 5.10 Å². The third-order valence-corrected chi connectivity index (χ3v) is 6.76. The van der Waals surface area contributed by atoms with Crippen LogP contribution in [0.5, 0.6) is 0 Å². The average Bonchev–Trinajstić information content (AvgIpc) is 3.57. The first kappa shape index (κ1) is 21.9. The lowest BCUT2D eigenvalue weighted by atomic mass is 10.1. The van der Waals surface area contributed by atoms with Gasteiger partial charge in [0, 0.05) is 10.9 Å². The molecule has 6 rings (SSSR count). The fraction of sp³-hybridized carbons (Fsp3) is 0.0345. The van der Waals surface area contributed by atoms with E-state index in [0.29, 0.717) is 26.8 Å². The van der Waals surface area contributed by atoms with Gasteiger partial charge in [-0.05, 0) is 42.0 Å². The normalized spacial score (nSPS) is 12.5. The topological polar surface area (TPSA) is 72.8 Å². The minimum atomic E-state index is -0.156. The molecule has 0 unspecified atom stereocenters. The maximum Gasteiger partial charge on any atom is 0.233 e. The number of hydrogen-bond acceptors (Lipinski definition) is 6. The van der Waals surface area contributed by atoms with Gasteiger partial charge in [0.1, 0.15) is 11.3 Å². The van der Waals surface area contributed by atoms with Crippen LogP contribution >= 0.6 is 11.3 Å². The Labute approximate surface area is 210 Å². The molecule has 0 aliphatic carbocycles. The van der Waals surface area contributed by atoms with Crippen molar-refractivity contribution in [2.75, 3.05) is 0 Å². The molecule has 0 aliphatic rings. The van der Waals surface area contributed by atoms with E-state index in [-0.39, 0.29) is 5.78 Å². The van der Waals surface area contributed by atoms with Gasteiger partial charge in [-0.25, -0.2) is 4.68 Å². The van der Waals surface area contributed by atoms with Crippen molar-refractivity contribution in [2.24, 2.45) is 10.2 Å². The van der Waals surface area contributed by atoms with E-state index in [2.05, 4.69) is 27.4 Å². The lowest BCUT2D eigenvalue weighted by Crippen LogP contribution is -2.14. The minimum absolute atomic E-state index is 0.156. The van der Waals surface area contributed by atoms with Crippen LogP contribution in [0.1, 0.15) is 28.0 Å². The summed E-state index contributed by atoms with van der Waals surface area (Å²) in [5.74, 6) is 0.484. The van der Waals surface area contributed by atoms with Gasteiger partial charge in [0.2, 0.25) is 10.6 Å². The zero-order chi connectivity index (χ0) is 24.5. The van der Waals surface area contributed by atoms with E-state index in [4.69, 9.17) is 4.42 Å². The standard InChI is InChI=1S/C29H20N4O2S/c1-19(26-18-24-23-15-9-8-10-20(23)16-17-25(24)35-26)30-31-29-33(22-13-6-3-7-14-22)32-28(36-29)27(34)21-11-4-2-5-12-21/h2-18H,1H3/b30-19-,31-29-. The summed E-state index contributed by atoms with van der Waals surface area (Å²) in [7, 11) is 0. The van der Waals surface area contributed by atoms with Crippen LogP contribution in [0.3, 0.4) is 0 Å². The van der Waals surface area contributed by atoms with Crippen LogP contribution in [0.15, 0.2) is 118 Å². The first-order chi connectivity index (χ1) is 17.7. The lowest BCUT2D eigenvalue weighted by Gasteiger charge is -1.99. The number of ketones is 1. The highest BCUT2D eigenvalue weighted by Crippen LogP contribution is 2.28. The van der Waals surface area contributed by atoms with Gasteiger partial charge in [0.05, 0.1) is 5.69 Å². The van der Waals surface area contributed by atoms with E-state index in [1.807, 2.05) is 85.8 Å². The number of hydrogen-bond donors (Lipinski definition) is 0. The van der Waals surface area contributed by atoms with Crippen molar-refractivity contribution in [3.8, 4) is 5.69 Å². The van der Waals surface area contributed by atoms with Crippen LogP contribution in [-0.2, 0) is 0 Å². The minimum Gasteiger partial charge on any atom is -0.455 e. The summed E-state index contributed by atoms with van der Waals surface area (Å²) in [6.45, 7) is 1.85. The van der Waals surface area contributed by atoms with Gasteiger partial charge in [-0.3, -0.25) is 4.79 Å². The fourth-order valence-corrected chi connectivity index (χ4v) is 4.85. The molecular formula is C29H20N4O2S. The molecule has 0 bridgehead atoms. The van der Waals surface area contributed by atoms with Crippen molar-refractivity contribution < 1.29 is 9.21 Å². The quantitative estimate of drug-likeness (QED) is 0.160. The molecule has 0 N–H and O–H groups in total. The smallest absolute Gasteiger partial charge is 0.233 e. The molecule has 2 aromatic heterocycles. The van der Waals surface area contributed by atoms with Gasteiger partial charge in [0.25, 0.3) is 0 Å². The number of carbonyl (C=O) groups excluding carboxylic acids is 1. The van der Waals surface area contributed by atoms with Gasteiger partial charge in [-0.15, -0.1) is 10.2 Å². The Morgan fingerprint density at radius 3 is 2.39 bits per heavy atom. The van der Waals surface area contributed by atoms with Crippen LogP contribution in [0.4, 0.5) is 0 Å². The van der Waals surface area contributed by atoms with Crippen LogP contribution in [0, 0.1) is 0 Å². The summed E-state index contributed by atoms with van der Waals surface area (Å²) in [6.07, 6.45) is 0. The second-order valence-electron chi connectivity index (χ2n) is 8.23. The highest BCUT2D eigenvalue weighted by molar-refractivity contribution is 7.11. The molecule has 0 aliphatic heterocycles. The van der Waals surface area contributed by atoms with Crippen LogP contribution in [-0.4, -0.2) is 21.3 Å². The van der Waals surface area contributed by atoms with Crippen molar-refractivity contribution in [1.82, 2.24) is 9.78 Å². The molecule has 6 aromatic rings. The van der Waals surface area contributed by atoms with E-state index < -0.39 is 0 Å². The van der Waals surface area contributed by atoms with E-state index >= 15 is 0 Å². The number of nitrogens with zero attached hydrogens (tertiary/aromatic N) is 4. The Morgan fingerprint density at radius 2 is 1.58 bits per heavy atom. The monoisotopic (exact) mass is 488 g/mol. The van der Waals surface area contributed by atoms with Crippen molar-refractivity contribution >= 4 is 44.6 Å². The predicted molar refractivity (Wildman–Crippen MR) is 143 cm³/mol. The van der Waals surface area contributed by atoms with Gasteiger partial charge in [-0.1, -0.05) is 90.2 Å². The molecule has 7 heteroatoms. The molecule has 0 radical (unpaired) electrons. The number of fused-ring (bicyclic) bond motifs is 3. The fourth-order valence-electron chi connectivity index (χ4n) is 4.03. The highest BCUT2D eigenvalue weighted by Gasteiger charge is 2.16. The molecule has 0 atom stereocenters. The second-order valence-corrected chi connectivity index (χ2v) is 9.18. The Kier molecular flexibility index (Phi) is 5.59. The van der Waals surface area contributed by atoms with Crippen molar-refractivity contribution in [3.63, 3.8) is 0 Å². The molecule has 2 heterocycles. The number of furan rings is 1. The predicted octanol–water partition coefficient (Wildman–Crippen LogP) is 6.39. The number of carbonyl (C=O) groups is 1. The molecule has 0 amide bonds. The summed E-state index contributed by atoms with van der Waals surface area (Å²) >= 11 is 1.20. The lowest BCUT2D eigenvalue weighted by molar-refractivity contribution is 0.103. The molecule has 6 nitrogen and oxygen atoms in total. The Bertz CT molecular complexity index is 1810. The number of benzene rings is 4. The van der Waals surface area contributed by atoms with Crippen molar-refractivity contribution in [3.05, 3.63) is 124 Å². The SMILES string of the molecule is C/C(=N/N=c1\sc(C(=O)c2ccccc2)nn1-c1ccccc1)c1cc2c(ccc3ccccc32)o1. The first-order valence-corrected chi connectivity index (χ1v) is 12.2. The van der Waals surface area contributed by atoms with E-state index in [1.165, 1.54) is 11.3 Å². The van der Waals surface area contributed by atoms with Crippen LogP contribution in [0.2, 0.25) is 0 Å². The Morgan fingerprint density at radius 1 is 0.861 bits per heavy atom. The maximum absolute atomic E-state index is 13.1. The first-order valence-electron chi connectivity index (χ1n) is 11.4. The highest BCUT2D eigenvalue weighted by atomic mass is 32.1. The molecule has 0 fully saturated rings. The van der Waals surface area contributed by atoms with Gasteiger partial charge in [0.15, 0.2) is 10.8 Å². The summed E-state index contributed by atoms with van der Waals surface area (Å²) in [5.41, 5.74) is 2.79. The Hall–Kier alpha value is -4.62. The third kappa shape index (κ3) is 4.06. The van der Waals surface area contributed by atoms with E-state index in [1.54, 1.807) is 16.8 Å². The zero-order valence-electron chi connectivity index (χ0n) is 19.3. The van der Waals surface area contributed by atoms with Crippen LogP contribution < -0.4 is 4.80 Å². The largest absolute Gasteiger partial charge is 0.455 e. The average molecular weight is 489 g/mol. The molecule has 36 heavy (non-hydrogen) atoms. The Balaban J connectivity index is 1.43. The second kappa shape index (κ2) is 9.20. The molecule has 4 aromatic carbocycles. The van der Waals surface area contributed by atoms with Crippen molar-refractivity contribution in [2.45, 2.75) is 6.92 Å². The van der Waals surface area contributed by atoms with Crippen LogP contribution in [0.25, 0.3) is 27.4 Å². The number of para-hydroxylation sites is 1. The molecule has 0 spiro atoms. The molecule has 0 saturated carbocycles. The third-order valence-electron chi connectivity index (χ3n) is 5.86. The van der Waals surface area contributed by atoms with Gasteiger partial charge < -0.3 is 4.42 Å². The summed E-state index contributed by atoms with van der Waals surface area (Å²) < 4.78 is 7.72. The summed E-state index contributed by atoms with van der Waals surface area (Å²) in [6, 6.07) is 32.9. The summed E-state index contributed by atoms with van der Waals surface area (Å²) in [5, 5.41) is 17.2. The molecular weight excluding hydrogens is 468 g/mol. The number of aromatic nitrogens is 2. The molecule has 174 valence electrons. The number of rotatable bonds is 5. The zero-order valence-corrected chi connectivity index (χ0v) is 20.1. The van der Waals surface area contributed by atoms with Gasteiger partial charge >= 0.3 is 0 Å².